The normalized spacial score (nSPS) is 16.5. The molecule has 2 N–H and O–H groups in total. The quantitative estimate of drug-likeness (QED) is 0.347. The van der Waals surface area contributed by atoms with Crippen molar-refractivity contribution in [2.75, 3.05) is 30.9 Å². The minimum Gasteiger partial charge on any atom is -0.490 e. The summed E-state index contributed by atoms with van der Waals surface area (Å²) in [4.78, 5) is 34.3. The van der Waals surface area contributed by atoms with Crippen LogP contribution in [0, 0.1) is 11.3 Å². The van der Waals surface area contributed by atoms with Crippen LogP contribution in [0.25, 0.3) is 0 Å². The number of amides is 2. The monoisotopic (exact) mass is 570 g/mol. The van der Waals surface area contributed by atoms with Gasteiger partial charge in [0.25, 0.3) is 11.8 Å². The summed E-state index contributed by atoms with van der Waals surface area (Å²) >= 11 is 4.07. The SMILES string of the molecule is N#Cc1ccc(OC2CCN(C(=O)c3ccc(C(=O)NC4CCN(Cc5ccc(NS)cc5)CC4)cn3)CC2)cc1. The van der Waals surface area contributed by atoms with Gasteiger partial charge in [-0.3, -0.25) is 19.5 Å². The second kappa shape index (κ2) is 13.5. The molecule has 2 fully saturated rings. The molecule has 5 rings (SSSR count). The number of anilines is 1. The Bertz CT molecular complexity index is 1360. The van der Waals surface area contributed by atoms with Crippen molar-refractivity contribution in [3.8, 4) is 11.8 Å². The zero-order valence-corrected chi connectivity index (χ0v) is 23.7. The number of hydrogen-bond donors (Lipinski definition) is 3. The number of aromatic nitrogens is 1. The van der Waals surface area contributed by atoms with Gasteiger partial charge in [0.2, 0.25) is 0 Å². The molecule has 1 aromatic heterocycles. The molecule has 3 heterocycles. The van der Waals surface area contributed by atoms with Crippen molar-refractivity contribution >= 4 is 30.3 Å². The van der Waals surface area contributed by atoms with Crippen LogP contribution in [0.2, 0.25) is 0 Å². The molecule has 0 radical (unpaired) electrons. The summed E-state index contributed by atoms with van der Waals surface area (Å²) in [7, 11) is 0. The molecular weight excluding hydrogens is 536 g/mol. The lowest BCUT2D eigenvalue weighted by Gasteiger charge is -2.32. The van der Waals surface area contributed by atoms with Crippen LogP contribution in [-0.4, -0.2) is 64.9 Å². The first-order valence-electron chi connectivity index (χ1n) is 13.9. The van der Waals surface area contributed by atoms with Crippen molar-refractivity contribution < 1.29 is 14.3 Å². The van der Waals surface area contributed by atoms with E-state index >= 15 is 0 Å². The first-order chi connectivity index (χ1) is 20.0. The number of thiol groups is 1. The number of rotatable bonds is 8. The molecule has 10 heteroatoms. The van der Waals surface area contributed by atoms with Gasteiger partial charge >= 0.3 is 0 Å². The standard InChI is InChI=1S/C31H34N6O3S/c32-19-22-3-8-27(9-4-22)40-28-13-17-37(18-14-28)31(39)29-10-5-24(20-33-29)30(38)34-25-11-15-36(16-12-25)21-23-1-6-26(35-41)7-2-23/h1-10,20,25,28,35,41H,11-18,21H2,(H,34,38). The second-order valence-corrected chi connectivity index (χ2v) is 10.7. The lowest BCUT2D eigenvalue weighted by molar-refractivity contribution is 0.0589. The van der Waals surface area contributed by atoms with E-state index in [0.717, 1.165) is 43.9 Å². The second-order valence-electron chi connectivity index (χ2n) is 10.5. The number of carbonyl (C=O) groups is 2. The summed E-state index contributed by atoms with van der Waals surface area (Å²) in [5.74, 6) is 0.423. The third kappa shape index (κ3) is 7.57. The molecule has 2 aliphatic rings. The van der Waals surface area contributed by atoms with Crippen molar-refractivity contribution in [2.24, 2.45) is 0 Å². The number of pyridine rings is 1. The fourth-order valence-electron chi connectivity index (χ4n) is 5.24. The zero-order chi connectivity index (χ0) is 28.6. The molecule has 0 atom stereocenters. The van der Waals surface area contributed by atoms with Gasteiger partial charge in [0.05, 0.1) is 17.2 Å². The molecule has 0 bridgehead atoms. The van der Waals surface area contributed by atoms with E-state index in [0.29, 0.717) is 42.8 Å². The van der Waals surface area contributed by atoms with Gasteiger partial charge in [-0.05, 0) is 66.9 Å². The maximum atomic E-state index is 13.0. The highest BCUT2D eigenvalue weighted by molar-refractivity contribution is 7.81. The highest BCUT2D eigenvalue weighted by atomic mass is 32.1. The molecule has 0 aliphatic carbocycles. The molecule has 2 aliphatic heterocycles. The molecule has 0 spiro atoms. The molecule has 0 saturated carbocycles. The van der Waals surface area contributed by atoms with Crippen LogP contribution in [0.1, 0.15) is 57.7 Å². The molecule has 2 aromatic carbocycles. The number of nitriles is 1. The Morgan fingerprint density at radius 3 is 2.27 bits per heavy atom. The van der Waals surface area contributed by atoms with Gasteiger partial charge in [0, 0.05) is 63.5 Å². The maximum absolute atomic E-state index is 13.0. The van der Waals surface area contributed by atoms with Gasteiger partial charge in [0.15, 0.2) is 0 Å². The van der Waals surface area contributed by atoms with Crippen LogP contribution < -0.4 is 14.8 Å². The van der Waals surface area contributed by atoms with Crippen molar-refractivity contribution in [1.82, 2.24) is 20.1 Å². The molecule has 9 nitrogen and oxygen atoms in total. The van der Waals surface area contributed by atoms with Crippen LogP contribution in [0.4, 0.5) is 5.69 Å². The van der Waals surface area contributed by atoms with Crippen molar-refractivity contribution in [2.45, 2.75) is 44.4 Å². The van der Waals surface area contributed by atoms with Gasteiger partial charge < -0.3 is 19.7 Å². The molecule has 3 aromatic rings. The van der Waals surface area contributed by atoms with E-state index in [4.69, 9.17) is 10.00 Å². The van der Waals surface area contributed by atoms with Crippen molar-refractivity contribution in [3.05, 3.63) is 89.2 Å². The van der Waals surface area contributed by atoms with Crippen molar-refractivity contribution in [1.29, 1.82) is 5.26 Å². The molecule has 0 unspecified atom stereocenters. The Balaban J connectivity index is 1.05. The molecule has 41 heavy (non-hydrogen) atoms. The zero-order valence-electron chi connectivity index (χ0n) is 22.8. The largest absolute Gasteiger partial charge is 0.490 e. The lowest BCUT2D eigenvalue weighted by atomic mass is 10.0. The smallest absolute Gasteiger partial charge is 0.272 e. The Morgan fingerprint density at radius 1 is 0.951 bits per heavy atom. The van der Waals surface area contributed by atoms with Crippen LogP contribution in [0.5, 0.6) is 5.75 Å². The van der Waals surface area contributed by atoms with Gasteiger partial charge in [-0.1, -0.05) is 24.9 Å². The average Bonchev–Trinajstić information content (AvgIpc) is 3.03. The number of nitrogens with zero attached hydrogens (tertiary/aromatic N) is 4. The molecule has 212 valence electrons. The Labute approximate surface area is 246 Å². The minimum atomic E-state index is -0.162. The van der Waals surface area contributed by atoms with E-state index in [-0.39, 0.29) is 24.0 Å². The van der Waals surface area contributed by atoms with Gasteiger partial charge in [-0.25, -0.2) is 0 Å². The van der Waals surface area contributed by atoms with Crippen LogP contribution in [-0.2, 0) is 6.54 Å². The summed E-state index contributed by atoms with van der Waals surface area (Å²) in [6.45, 7) is 3.85. The van der Waals surface area contributed by atoms with E-state index in [1.54, 1.807) is 41.3 Å². The molecule has 2 saturated heterocycles. The fraction of sp³-hybridized carbons (Fsp3) is 0.355. The Morgan fingerprint density at radius 2 is 1.66 bits per heavy atom. The predicted octanol–water partition coefficient (Wildman–Crippen LogP) is 4.29. The molecular formula is C31H34N6O3S. The van der Waals surface area contributed by atoms with Crippen LogP contribution in [0.15, 0.2) is 66.9 Å². The Kier molecular flexibility index (Phi) is 9.39. The van der Waals surface area contributed by atoms with E-state index in [2.05, 4.69) is 50.9 Å². The lowest BCUT2D eigenvalue weighted by Crippen LogP contribution is -2.44. The summed E-state index contributed by atoms with van der Waals surface area (Å²) in [6, 6.07) is 20.8. The number of benzene rings is 2. The summed E-state index contributed by atoms with van der Waals surface area (Å²) in [5, 5.41) is 12.1. The first-order valence-corrected chi connectivity index (χ1v) is 14.4. The summed E-state index contributed by atoms with van der Waals surface area (Å²) in [5.41, 5.74) is 3.60. The highest BCUT2D eigenvalue weighted by Crippen LogP contribution is 2.21. The fourth-order valence-corrected chi connectivity index (χ4v) is 5.39. The summed E-state index contributed by atoms with van der Waals surface area (Å²) < 4.78 is 8.85. The van der Waals surface area contributed by atoms with Crippen molar-refractivity contribution in [3.63, 3.8) is 0 Å². The van der Waals surface area contributed by atoms with Gasteiger partial charge in [0.1, 0.15) is 17.5 Å². The number of carbonyl (C=O) groups excluding carboxylic acids is 2. The van der Waals surface area contributed by atoms with Gasteiger partial charge in [-0.15, -0.1) is 0 Å². The number of ether oxygens (including phenoxy) is 1. The predicted molar refractivity (Wildman–Crippen MR) is 160 cm³/mol. The minimum absolute atomic E-state index is 0.0139. The van der Waals surface area contributed by atoms with E-state index in [1.165, 1.54) is 11.8 Å². The van der Waals surface area contributed by atoms with E-state index in [9.17, 15) is 9.59 Å². The van der Waals surface area contributed by atoms with Crippen LogP contribution in [0.3, 0.4) is 0 Å². The number of hydrogen-bond acceptors (Lipinski definition) is 8. The maximum Gasteiger partial charge on any atom is 0.272 e. The topological polar surface area (TPSA) is 111 Å². The first kappa shape index (κ1) is 28.5. The van der Waals surface area contributed by atoms with E-state index in [1.807, 2.05) is 12.1 Å². The van der Waals surface area contributed by atoms with E-state index < -0.39 is 0 Å². The third-order valence-corrected chi connectivity index (χ3v) is 7.93. The number of likely N-dealkylation sites (tertiary alicyclic amines) is 2. The number of piperidine rings is 2. The summed E-state index contributed by atoms with van der Waals surface area (Å²) in [6.07, 6.45) is 4.70. The van der Waals surface area contributed by atoms with Crippen LogP contribution >= 0.6 is 12.8 Å². The highest BCUT2D eigenvalue weighted by Gasteiger charge is 2.26. The molecule has 2 amide bonds. The Hall–Kier alpha value is -4.07. The van der Waals surface area contributed by atoms with Gasteiger partial charge in [-0.2, -0.15) is 5.26 Å². The number of nitrogens with one attached hydrogen (secondary N) is 2. The third-order valence-electron chi connectivity index (χ3n) is 7.67. The average molecular weight is 571 g/mol.